The molecule has 1 N–H and O–H groups in total. The lowest BCUT2D eigenvalue weighted by Gasteiger charge is -2.19. The van der Waals surface area contributed by atoms with Gasteiger partial charge in [-0.25, -0.2) is 0 Å². The second kappa shape index (κ2) is 8.04. The fraction of sp³-hybridized carbons (Fsp3) is 0.318. The normalized spacial score (nSPS) is 15.6. The van der Waals surface area contributed by atoms with Gasteiger partial charge in [-0.2, -0.15) is 0 Å². The number of rotatable bonds is 5. The molecule has 1 aliphatic heterocycles. The highest BCUT2D eigenvalue weighted by Gasteiger charge is 2.23. The highest BCUT2D eigenvalue weighted by Crippen LogP contribution is 2.27. The second-order valence-electron chi connectivity index (χ2n) is 7.58. The summed E-state index contributed by atoms with van der Waals surface area (Å²) in [6.07, 6.45) is 2.34. The van der Waals surface area contributed by atoms with Crippen molar-refractivity contribution in [2.75, 3.05) is 13.1 Å². The first-order chi connectivity index (χ1) is 14.7. The zero-order valence-electron chi connectivity index (χ0n) is 16.7. The van der Waals surface area contributed by atoms with E-state index in [1.807, 2.05) is 18.3 Å². The molecule has 30 heavy (non-hydrogen) atoms. The summed E-state index contributed by atoms with van der Waals surface area (Å²) in [5, 5.41) is 13.0. The molecule has 0 spiro atoms. The van der Waals surface area contributed by atoms with Crippen molar-refractivity contribution in [2.45, 2.75) is 32.5 Å². The molecule has 1 unspecified atom stereocenters. The molecule has 0 radical (unpaired) electrons. The maximum atomic E-state index is 12.3. The third-order valence-electron chi connectivity index (χ3n) is 5.48. The molecular weight excluding hydrogens is 398 g/mol. The van der Waals surface area contributed by atoms with Crippen LogP contribution in [0.1, 0.15) is 40.0 Å². The van der Waals surface area contributed by atoms with Gasteiger partial charge in [0.25, 0.3) is 5.91 Å². The van der Waals surface area contributed by atoms with Gasteiger partial charge in [-0.05, 0) is 36.6 Å². The van der Waals surface area contributed by atoms with Gasteiger partial charge in [0.05, 0.1) is 12.3 Å². The Labute approximate surface area is 178 Å². The van der Waals surface area contributed by atoms with E-state index in [-0.39, 0.29) is 11.9 Å². The van der Waals surface area contributed by atoms with Gasteiger partial charge in [0, 0.05) is 42.2 Å². The number of hydrogen-bond acceptors (Lipinski definition) is 6. The van der Waals surface area contributed by atoms with Crippen molar-refractivity contribution < 1.29 is 9.21 Å². The van der Waals surface area contributed by atoms with Crippen molar-refractivity contribution in [2.24, 2.45) is 0 Å². The number of nitrogens with one attached hydrogen (secondary N) is 1. The number of thiophene rings is 1. The Kier molecular flexibility index (Phi) is 5.10. The van der Waals surface area contributed by atoms with Crippen LogP contribution in [0.15, 0.2) is 53.1 Å². The van der Waals surface area contributed by atoms with E-state index in [9.17, 15) is 4.79 Å². The van der Waals surface area contributed by atoms with Crippen LogP contribution in [0.25, 0.3) is 10.1 Å². The Morgan fingerprint density at radius 1 is 1.20 bits per heavy atom. The van der Waals surface area contributed by atoms with Gasteiger partial charge in [0.2, 0.25) is 0 Å². The molecule has 1 amide bonds. The number of amides is 1. The second-order valence-corrected chi connectivity index (χ2v) is 8.74. The Balaban J connectivity index is 1.26. The zero-order valence-corrected chi connectivity index (χ0v) is 17.6. The maximum absolute atomic E-state index is 12.3. The monoisotopic (exact) mass is 421 g/mol. The summed E-state index contributed by atoms with van der Waals surface area (Å²) >= 11 is 1.86. The minimum absolute atomic E-state index is 0.245. The van der Waals surface area contributed by atoms with Gasteiger partial charge in [0.15, 0.2) is 11.6 Å². The highest BCUT2D eigenvalue weighted by atomic mass is 32.1. The minimum atomic E-state index is -0.252. The number of carbonyl (C=O) groups is 1. The zero-order chi connectivity index (χ0) is 20.5. The third kappa shape index (κ3) is 3.76. The molecule has 1 aliphatic rings. The molecular formula is C22H23N5O2S. The van der Waals surface area contributed by atoms with E-state index in [2.05, 4.69) is 55.3 Å². The van der Waals surface area contributed by atoms with Gasteiger partial charge in [-0.15, -0.1) is 21.5 Å². The van der Waals surface area contributed by atoms with Crippen LogP contribution in [0.4, 0.5) is 0 Å². The van der Waals surface area contributed by atoms with Gasteiger partial charge < -0.3 is 14.3 Å². The van der Waals surface area contributed by atoms with Gasteiger partial charge in [0.1, 0.15) is 5.82 Å². The summed E-state index contributed by atoms with van der Waals surface area (Å²) < 4.78 is 8.66. The summed E-state index contributed by atoms with van der Waals surface area (Å²) in [7, 11) is 0. The Bertz CT molecular complexity index is 1130. The number of fused-ring (bicyclic) bond motifs is 2. The van der Waals surface area contributed by atoms with E-state index in [0.717, 1.165) is 44.2 Å². The lowest BCUT2D eigenvalue weighted by Crippen LogP contribution is -2.30. The third-order valence-corrected chi connectivity index (χ3v) is 6.58. The topological polar surface area (TPSA) is 76.2 Å². The number of benzene rings is 1. The van der Waals surface area contributed by atoms with Crippen LogP contribution >= 0.6 is 11.3 Å². The fourth-order valence-corrected chi connectivity index (χ4v) is 5.05. The summed E-state index contributed by atoms with van der Waals surface area (Å²) in [5.74, 6) is 1.81. The molecule has 7 nitrogen and oxygen atoms in total. The maximum Gasteiger partial charge on any atom is 0.287 e. The Morgan fingerprint density at radius 3 is 2.93 bits per heavy atom. The van der Waals surface area contributed by atoms with E-state index in [1.165, 1.54) is 21.2 Å². The lowest BCUT2D eigenvalue weighted by atomic mass is 10.2. The summed E-state index contributed by atoms with van der Waals surface area (Å²) in [6, 6.07) is 13.9. The summed E-state index contributed by atoms with van der Waals surface area (Å²) in [6.45, 7) is 5.55. The predicted molar refractivity (Wildman–Crippen MR) is 115 cm³/mol. The molecule has 5 rings (SSSR count). The van der Waals surface area contributed by atoms with E-state index < -0.39 is 0 Å². The quantitative estimate of drug-likeness (QED) is 0.532. The molecule has 0 fully saturated rings. The number of hydrogen-bond donors (Lipinski definition) is 1. The average molecular weight is 422 g/mol. The van der Waals surface area contributed by atoms with Gasteiger partial charge in [-0.1, -0.05) is 18.2 Å². The average Bonchev–Trinajstić information content (AvgIpc) is 3.46. The molecule has 8 heteroatoms. The van der Waals surface area contributed by atoms with Crippen LogP contribution in [-0.4, -0.2) is 38.7 Å². The van der Waals surface area contributed by atoms with Crippen molar-refractivity contribution in [3.63, 3.8) is 0 Å². The van der Waals surface area contributed by atoms with E-state index in [0.29, 0.717) is 5.76 Å². The first-order valence-corrected chi connectivity index (χ1v) is 10.9. The van der Waals surface area contributed by atoms with Crippen molar-refractivity contribution in [1.82, 2.24) is 25.0 Å². The first-order valence-electron chi connectivity index (χ1n) is 10.1. The largest absolute Gasteiger partial charge is 0.459 e. The van der Waals surface area contributed by atoms with E-state index in [4.69, 9.17) is 4.42 Å². The fourth-order valence-electron chi connectivity index (χ4n) is 3.94. The van der Waals surface area contributed by atoms with Crippen LogP contribution in [0, 0.1) is 0 Å². The van der Waals surface area contributed by atoms with E-state index >= 15 is 0 Å². The lowest BCUT2D eigenvalue weighted by molar-refractivity contribution is 0.0909. The van der Waals surface area contributed by atoms with Crippen LogP contribution in [0.3, 0.4) is 0 Å². The smallest absolute Gasteiger partial charge is 0.287 e. The summed E-state index contributed by atoms with van der Waals surface area (Å²) in [5.41, 5.74) is 0. The molecule has 154 valence electrons. The Morgan fingerprint density at radius 2 is 2.10 bits per heavy atom. The standard InChI is InChI=1S/C22H23N5O2S/c1-15(23-22(28)18-6-4-12-29-18)21-25-24-20-8-9-26(10-11-27(20)21)14-17-13-16-5-2-3-7-19(16)30-17/h2-7,12-13,15H,8-11,14H2,1H3,(H,23,28). The van der Waals surface area contributed by atoms with Gasteiger partial charge >= 0.3 is 0 Å². The number of furan rings is 1. The minimum Gasteiger partial charge on any atom is -0.459 e. The molecule has 1 atom stereocenters. The molecule has 4 aromatic rings. The van der Waals surface area contributed by atoms with Crippen LogP contribution < -0.4 is 5.32 Å². The van der Waals surface area contributed by atoms with Crippen LogP contribution in [0.5, 0.6) is 0 Å². The van der Waals surface area contributed by atoms with Crippen molar-refractivity contribution in [1.29, 1.82) is 0 Å². The number of carbonyl (C=O) groups excluding carboxylic acids is 1. The molecule has 0 aliphatic carbocycles. The summed E-state index contributed by atoms with van der Waals surface area (Å²) in [4.78, 5) is 16.2. The SMILES string of the molecule is CC(NC(=O)c1ccco1)c1nnc2n1CCN(Cc1cc3ccccc3s1)CC2. The molecule has 0 saturated heterocycles. The molecule has 3 aromatic heterocycles. The number of aromatic nitrogens is 3. The molecule has 4 heterocycles. The van der Waals surface area contributed by atoms with Crippen molar-refractivity contribution >= 4 is 27.3 Å². The van der Waals surface area contributed by atoms with Crippen LogP contribution in [-0.2, 0) is 19.5 Å². The first kappa shape index (κ1) is 19.0. The number of nitrogens with zero attached hydrogens (tertiary/aromatic N) is 4. The molecule has 1 aromatic carbocycles. The van der Waals surface area contributed by atoms with E-state index in [1.54, 1.807) is 12.1 Å². The van der Waals surface area contributed by atoms with Crippen LogP contribution in [0.2, 0.25) is 0 Å². The predicted octanol–water partition coefficient (Wildman–Crippen LogP) is 3.64. The highest BCUT2D eigenvalue weighted by molar-refractivity contribution is 7.19. The van der Waals surface area contributed by atoms with Crippen molar-refractivity contribution in [3.05, 3.63) is 71.0 Å². The molecule has 0 saturated carbocycles. The Hall–Kier alpha value is -2.97. The van der Waals surface area contributed by atoms with Crippen molar-refractivity contribution in [3.8, 4) is 0 Å². The van der Waals surface area contributed by atoms with Gasteiger partial charge in [-0.3, -0.25) is 9.69 Å². The molecule has 0 bridgehead atoms.